The van der Waals surface area contributed by atoms with E-state index in [-0.39, 0.29) is 11.8 Å². The molecular weight excluding hydrogens is 212 g/mol. The van der Waals surface area contributed by atoms with Gasteiger partial charge in [0.05, 0.1) is 0 Å². The largest absolute Gasteiger partial charge is 0.326 e. The fourth-order valence-electron chi connectivity index (χ4n) is 1.47. The van der Waals surface area contributed by atoms with Gasteiger partial charge in [-0.05, 0) is 30.7 Å². The van der Waals surface area contributed by atoms with Gasteiger partial charge in [-0.1, -0.05) is 32.9 Å². The van der Waals surface area contributed by atoms with Crippen molar-refractivity contribution in [2.45, 2.75) is 27.3 Å². The summed E-state index contributed by atoms with van der Waals surface area (Å²) < 4.78 is 0. The van der Waals surface area contributed by atoms with E-state index in [1.165, 1.54) is 5.56 Å². The Morgan fingerprint density at radius 1 is 1.18 bits per heavy atom. The van der Waals surface area contributed by atoms with E-state index in [1.54, 1.807) is 0 Å². The molecule has 0 aliphatic carbocycles. The van der Waals surface area contributed by atoms with Crippen molar-refractivity contribution in [1.29, 1.82) is 0 Å². The number of hydrogen-bond donors (Lipinski definition) is 2. The Bertz CT molecular complexity index is 357. The molecule has 3 heteroatoms. The molecule has 0 fully saturated rings. The third kappa shape index (κ3) is 4.19. The van der Waals surface area contributed by atoms with Gasteiger partial charge in [-0.2, -0.15) is 0 Å². The molecule has 1 unspecified atom stereocenters. The molecule has 3 nitrogen and oxygen atoms in total. The highest BCUT2D eigenvalue weighted by Crippen LogP contribution is 2.14. The van der Waals surface area contributed by atoms with Gasteiger partial charge in [0.1, 0.15) is 0 Å². The van der Waals surface area contributed by atoms with Crippen LogP contribution in [0.4, 0.5) is 5.69 Å². The number of benzene rings is 1. The first-order valence-corrected chi connectivity index (χ1v) is 6.09. The Morgan fingerprint density at radius 2 is 1.76 bits per heavy atom. The minimum absolute atomic E-state index is 0.0342. The zero-order valence-electron chi connectivity index (χ0n) is 11.1. The first-order chi connectivity index (χ1) is 8.04. The lowest BCUT2D eigenvalue weighted by molar-refractivity contribution is -0.120. The molecule has 2 N–H and O–H groups in total. The van der Waals surface area contributed by atoms with Crippen LogP contribution in [0.25, 0.3) is 0 Å². The lowest BCUT2D eigenvalue weighted by Crippen LogP contribution is -2.24. The van der Waals surface area contributed by atoms with E-state index < -0.39 is 0 Å². The van der Waals surface area contributed by atoms with Gasteiger partial charge in [0.15, 0.2) is 0 Å². The van der Waals surface area contributed by atoms with Crippen molar-refractivity contribution in [3.8, 4) is 0 Å². The molecule has 1 rings (SSSR count). The molecule has 94 valence electrons. The second-order valence-corrected chi connectivity index (χ2v) is 4.75. The van der Waals surface area contributed by atoms with E-state index in [2.05, 4.69) is 24.5 Å². The molecule has 1 atom stereocenters. The maximum atomic E-state index is 11.8. The van der Waals surface area contributed by atoms with Gasteiger partial charge in [0.2, 0.25) is 5.91 Å². The highest BCUT2D eigenvalue weighted by Gasteiger charge is 2.16. The summed E-state index contributed by atoms with van der Waals surface area (Å²) in [7, 11) is 1.92. The van der Waals surface area contributed by atoms with E-state index >= 15 is 0 Å². The monoisotopic (exact) mass is 234 g/mol. The third-order valence-corrected chi connectivity index (χ3v) is 3.02. The third-order valence-electron chi connectivity index (χ3n) is 3.02. The van der Waals surface area contributed by atoms with Crippen LogP contribution >= 0.6 is 0 Å². The lowest BCUT2D eigenvalue weighted by atomic mass is 9.97. The van der Waals surface area contributed by atoms with Crippen LogP contribution < -0.4 is 10.6 Å². The molecule has 0 heterocycles. The van der Waals surface area contributed by atoms with E-state index in [0.717, 1.165) is 12.2 Å². The number of hydrogen-bond acceptors (Lipinski definition) is 2. The SMILES string of the molecule is CNCc1ccc(NC(=O)C(C)C(C)C)cc1. The summed E-state index contributed by atoms with van der Waals surface area (Å²) in [4.78, 5) is 11.8. The van der Waals surface area contributed by atoms with Crippen LogP contribution in [0.3, 0.4) is 0 Å². The minimum Gasteiger partial charge on any atom is -0.326 e. The van der Waals surface area contributed by atoms with Crippen molar-refractivity contribution in [2.24, 2.45) is 11.8 Å². The molecule has 1 aromatic carbocycles. The number of amides is 1. The van der Waals surface area contributed by atoms with Gasteiger partial charge in [-0.3, -0.25) is 4.79 Å². The average molecular weight is 234 g/mol. The molecule has 0 bridgehead atoms. The molecular formula is C14H22N2O. The van der Waals surface area contributed by atoms with E-state index in [4.69, 9.17) is 0 Å². The Labute approximate surface area is 104 Å². The number of carbonyl (C=O) groups excluding carboxylic acids is 1. The zero-order chi connectivity index (χ0) is 12.8. The van der Waals surface area contributed by atoms with E-state index in [1.807, 2.05) is 38.2 Å². The fraction of sp³-hybridized carbons (Fsp3) is 0.500. The summed E-state index contributed by atoms with van der Waals surface area (Å²) in [5.41, 5.74) is 2.07. The van der Waals surface area contributed by atoms with Crippen molar-refractivity contribution in [2.75, 3.05) is 12.4 Å². The van der Waals surface area contributed by atoms with E-state index in [9.17, 15) is 4.79 Å². The van der Waals surface area contributed by atoms with Gasteiger partial charge in [-0.15, -0.1) is 0 Å². The number of rotatable bonds is 5. The number of carbonyl (C=O) groups is 1. The highest BCUT2D eigenvalue weighted by atomic mass is 16.1. The average Bonchev–Trinajstić information content (AvgIpc) is 2.30. The van der Waals surface area contributed by atoms with Crippen molar-refractivity contribution >= 4 is 11.6 Å². The molecule has 17 heavy (non-hydrogen) atoms. The quantitative estimate of drug-likeness (QED) is 0.822. The molecule has 1 aromatic rings. The molecule has 0 aliphatic heterocycles. The molecule has 0 aromatic heterocycles. The normalized spacial score (nSPS) is 12.5. The maximum Gasteiger partial charge on any atom is 0.227 e. The number of anilines is 1. The van der Waals surface area contributed by atoms with Crippen LogP contribution in [0.15, 0.2) is 24.3 Å². The van der Waals surface area contributed by atoms with E-state index in [0.29, 0.717) is 5.92 Å². The Morgan fingerprint density at radius 3 is 2.24 bits per heavy atom. The Balaban J connectivity index is 2.60. The van der Waals surface area contributed by atoms with Crippen LogP contribution in [-0.4, -0.2) is 13.0 Å². The summed E-state index contributed by atoms with van der Waals surface area (Å²) in [5, 5.41) is 6.02. The van der Waals surface area contributed by atoms with Crippen LogP contribution in [0.2, 0.25) is 0 Å². The van der Waals surface area contributed by atoms with Gasteiger partial charge in [0.25, 0.3) is 0 Å². The minimum atomic E-state index is 0.0342. The van der Waals surface area contributed by atoms with Gasteiger partial charge in [-0.25, -0.2) is 0 Å². The first-order valence-electron chi connectivity index (χ1n) is 6.09. The van der Waals surface area contributed by atoms with Crippen LogP contribution in [0.1, 0.15) is 26.3 Å². The molecule has 1 amide bonds. The molecule has 0 aliphatic rings. The predicted molar refractivity (Wildman–Crippen MR) is 71.8 cm³/mol. The van der Waals surface area contributed by atoms with Crippen LogP contribution in [0, 0.1) is 11.8 Å². The van der Waals surface area contributed by atoms with Crippen molar-refractivity contribution in [3.05, 3.63) is 29.8 Å². The molecule has 0 spiro atoms. The van der Waals surface area contributed by atoms with Gasteiger partial charge < -0.3 is 10.6 Å². The first kappa shape index (κ1) is 13.7. The summed E-state index contributed by atoms with van der Waals surface area (Å²) in [6, 6.07) is 7.92. The van der Waals surface area contributed by atoms with Crippen LogP contribution in [0.5, 0.6) is 0 Å². The highest BCUT2D eigenvalue weighted by molar-refractivity contribution is 5.92. The molecule has 0 radical (unpaired) electrons. The summed E-state index contributed by atoms with van der Waals surface area (Å²) in [6.07, 6.45) is 0. The molecule has 0 saturated heterocycles. The number of nitrogens with one attached hydrogen (secondary N) is 2. The van der Waals surface area contributed by atoms with Crippen molar-refractivity contribution in [3.63, 3.8) is 0 Å². The Kier molecular flexibility index (Phi) is 5.16. The summed E-state index contributed by atoms with van der Waals surface area (Å²) >= 11 is 0. The second kappa shape index (κ2) is 6.40. The summed E-state index contributed by atoms with van der Waals surface area (Å²) in [6.45, 7) is 6.91. The smallest absolute Gasteiger partial charge is 0.227 e. The van der Waals surface area contributed by atoms with Crippen LogP contribution in [-0.2, 0) is 11.3 Å². The predicted octanol–water partition coefficient (Wildman–Crippen LogP) is 2.64. The van der Waals surface area contributed by atoms with Crippen molar-refractivity contribution in [1.82, 2.24) is 5.32 Å². The van der Waals surface area contributed by atoms with Crippen molar-refractivity contribution < 1.29 is 4.79 Å². The van der Waals surface area contributed by atoms with Gasteiger partial charge in [0, 0.05) is 18.2 Å². The topological polar surface area (TPSA) is 41.1 Å². The zero-order valence-corrected chi connectivity index (χ0v) is 11.1. The fourth-order valence-corrected chi connectivity index (χ4v) is 1.47. The standard InChI is InChI=1S/C14H22N2O/c1-10(2)11(3)14(17)16-13-7-5-12(6-8-13)9-15-4/h5-8,10-11,15H,9H2,1-4H3,(H,16,17). The summed E-state index contributed by atoms with van der Waals surface area (Å²) in [5.74, 6) is 0.479. The second-order valence-electron chi connectivity index (χ2n) is 4.75. The Hall–Kier alpha value is -1.35. The molecule has 0 saturated carbocycles. The lowest BCUT2D eigenvalue weighted by Gasteiger charge is -2.15. The maximum absolute atomic E-state index is 11.8. The van der Waals surface area contributed by atoms with Gasteiger partial charge >= 0.3 is 0 Å².